The van der Waals surface area contributed by atoms with E-state index in [1.165, 1.54) is 12.8 Å². The molecule has 2 fully saturated rings. The number of benzene rings is 2. The number of carbonyl (C=O) groups excluding carboxylic acids is 1. The average molecular weight is 445 g/mol. The van der Waals surface area contributed by atoms with Gasteiger partial charge in [0.15, 0.2) is 0 Å². The fourth-order valence-corrected chi connectivity index (χ4v) is 4.85. The second kappa shape index (κ2) is 8.26. The number of anilines is 1. The van der Waals surface area contributed by atoms with Gasteiger partial charge < -0.3 is 26.2 Å². The van der Waals surface area contributed by atoms with E-state index in [1.807, 2.05) is 31.2 Å². The van der Waals surface area contributed by atoms with E-state index in [9.17, 15) is 4.79 Å². The molecule has 2 bridgehead atoms. The summed E-state index contributed by atoms with van der Waals surface area (Å²) in [7, 11) is 4.63. The number of fused-ring (bicyclic) bond motifs is 2. The number of piperidine rings is 1. The van der Waals surface area contributed by atoms with E-state index in [0.717, 1.165) is 39.7 Å². The van der Waals surface area contributed by atoms with Crippen LogP contribution in [0.1, 0.15) is 31.2 Å². The van der Waals surface area contributed by atoms with Crippen LogP contribution in [-0.4, -0.2) is 42.9 Å². The van der Waals surface area contributed by atoms with E-state index in [0.29, 0.717) is 12.1 Å². The van der Waals surface area contributed by atoms with E-state index < -0.39 is 0 Å². The monoisotopic (exact) mass is 444 g/mol. The van der Waals surface area contributed by atoms with Gasteiger partial charge in [0.2, 0.25) is 0 Å². The van der Waals surface area contributed by atoms with Crippen LogP contribution in [-0.2, 0) is 4.74 Å². The first-order valence-corrected chi connectivity index (χ1v) is 9.90. The summed E-state index contributed by atoms with van der Waals surface area (Å²) in [6.45, 7) is 2.03. The Kier molecular flexibility index (Phi) is 6.15. The third-order valence-corrected chi connectivity index (χ3v) is 6.56. The smallest absolute Gasteiger partial charge is 0.411 e. The van der Waals surface area contributed by atoms with Crippen LogP contribution in [0.4, 0.5) is 10.5 Å². The van der Waals surface area contributed by atoms with Crippen molar-refractivity contribution in [3.8, 4) is 11.1 Å². The summed E-state index contributed by atoms with van der Waals surface area (Å²) in [6.07, 6.45) is 4.12. The Morgan fingerprint density at radius 2 is 1.68 bits per heavy atom. The Balaban J connectivity index is 0.00000225. The van der Waals surface area contributed by atoms with Gasteiger partial charge in [-0.25, -0.2) is 4.79 Å². The van der Waals surface area contributed by atoms with Crippen molar-refractivity contribution in [3.05, 3.63) is 54.1 Å². The zero-order chi connectivity index (χ0) is 19.0. The lowest BCUT2D eigenvalue weighted by Gasteiger charge is -2.43. The van der Waals surface area contributed by atoms with Crippen LogP contribution in [0.15, 0.2) is 48.5 Å². The molecule has 2 aliphatic heterocycles. The molecule has 1 amide bonds. The molecule has 2 aromatic rings. The van der Waals surface area contributed by atoms with Gasteiger partial charge in [0.25, 0.3) is 0 Å². The van der Waals surface area contributed by atoms with Crippen molar-refractivity contribution >= 4 is 11.8 Å². The van der Waals surface area contributed by atoms with Crippen molar-refractivity contribution in [2.45, 2.75) is 50.8 Å². The molecule has 5 heteroatoms. The summed E-state index contributed by atoms with van der Waals surface area (Å²) < 4.78 is 6.92. The minimum Gasteiger partial charge on any atom is -1.00 e. The number of hydrogen-bond acceptors (Lipinski definition) is 2. The molecule has 0 saturated carbocycles. The summed E-state index contributed by atoms with van der Waals surface area (Å²) >= 11 is 0. The van der Waals surface area contributed by atoms with Crippen molar-refractivity contribution in [1.82, 2.24) is 0 Å². The van der Waals surface area contributed by atoms with Gasteiger partial charge in [-0.1, -0.05) is 42.5 Å². The summed E-state index contributed by atoms with van der Waals surface area (Å²) in [4.78, 5) is 12.6. The topological polar surface area (TPSA) is 38.3 Å². The van der Waals surface area contributed by atoms with Crippen LogP contribution >= 0.6 is 0 Å². The summed E-state index contributed by atoms with van der Waals surface area (Å²) in [5.74, 6) is 0. The quantitative estimate of drug-likeness (QED) is 0.735. The maximum Gasteiger partial charge on any atom is 0.411 e. The number of nitrogens with one attached hydrogen (secondary N) is 1. The normalized spacial score (nSPS) is 24.9. The lowest BCUT2D eigenvalue weighted by atomic mass is 9.98. The van der Waals surface area contributed by atoms with Crippen LogP contribution in [0.2, 0.25) is 0 Å². The van der Waals surface area contributed by atoms with E-state index in [2.05, 4.69) is 43.7 Å². The third-order valence-electron chi connectivity index (χ3n) is 6.56. The fraction of sp³-hybridized carbons (Fsp3) is 0.435. The Bertz CT molecular complexity index is 822. The number of amides is 1. The van der Waals surface area contributed by atoms with Crippen molar-refractivity contribution in [2.75, 3.05) is 19.4 Å². The third kappa shape index (κ3) is 4.11. The first-order valence-electron chi connectivity index (χ1n) is 9.90. The number of rotatable bonds is 3. The van der Waals surface area contributed by atoms with Crippen molar-refractivity contribution in [1.29, 1.82) is 0 Å². The Hall–Kier alpha value is -1.85. The number of quaternary nitrogens is 1. The molecule has 1 N–H and O–H groups in total. The highest BCUT2D eigenvalue weighted by molar-refractivity contribution is 5.91. The molecular weight excluding hydrogens is 416 g/mol. The van der Waals surface area contributed by atoms with Gasteiger partial charge >= 0.3 is 6.09 Å². The highest BCUT2D eigenvalue weighted by Crippen LogP contribution is 2.40. The van der Waals surface area contributed by atoms with E-state index in [4.69, 9.17) is 4.74 Å². The molecule has 2 unspecified atom stereocenters. The first kappa shape index (κ1) is 20.9. The Morgan fingerprint density at radius 3 is 2.32 bits per heavy atom. The number of aryl methyl sites for hydroxylation is 1. The van der Waals surface area contributed by atoms with Gasteiger partial charge in [-0.2, -0.15) is 0 Å². The molecule has 0 radical (unpaired) electrons. The molecule has 2 aliphatic rings. The van der Waals surface area contributed by atoms with Gasteiger partial charge in [0.1, 0.15) is 6.10 Å². The van der Waals surface area contributed by atoms with E-state index in [1.54, 1.807) is 0 Å². The number of halogens is 1. The molecular formula is C23H29BrN2O2. The lowest BCUT2D eigenvalue weighted by molar-refractivity contribution is -0.931. The molecule has 2 atom stereocenters. The minimum atomic E-state index is -0.339. The minimum absolute atomic E-state index is 0. The molecule has 2 heterocycles. The van der Waals surface area contributed by atoms with Gasteiger partial charge in [-0.05, 0) is 24.1 Å². The second-order valence-corrected chi connectivity index (χ2v) is 8.55. The predicted molar refractivity (Wildman–Crippen MR) is 109 cm³/mol. The second-order valence-electron chi connectivity index (χ2n) is 8.55. The first-order chi connectivity index (χ1) is 12.9. The molecule has 0 aliphatic carbocycles. The van der Waals surface area contributed by atoms with Crippen LogP contribution in [0.25, 0.3) is 11.1 Å². The number of ether oxygens (including phenoxy) is 1. The SMILES string of the molecule is Cc1ccc(-c2ccccc2)c(NC(=O)OC2CC3CCC(C2)[N+]3(C)C)c1.[Br-]. The predicted octanol–water partition coefficient (Wildman–Crippen LogP) is 1.98. The van der Waals surface area contributed by atoms with Crippen molar-refractivity contribution in [3.63, 3.8) is 0 Å². The molecule has 2 saturated heterocycles. The van der Waals surface area contributed by atoms with Crippen molar-refractivity contribution in [2.24, 2.45) is 0 Å². The fourth-order valence-electron chi connectivity index (χ4n) is 4.85. The van der Waals surface area contributed by atoms with Crippen LogP contribution < -0.4 is 22.3 Å². The Labute approximate surface area is 178 Å². The summed E-state index contributed by atoms with van der Waals surface area (Å²) in [5.41, 5.74) is 4.02. The highest BCUT2D eigenvalue weighted by Gasteiger charge is 2.49. The maximum atomic E-state index is 12.6. The average Bonchev–Trinajstić information content (AvgIpc) is 2.80. The molecule has 0 spiro atoms. The van der Waals surface area contributed by atoms with Crippen LogP contribution in [0, 0.1) is 6.92 Å². The standard InChI is InChI=1S/C23H28N2O2.BrH/c1-16-9-12-21(17-7-5-4-6-8-17)22(13-16)24-23(26)27-20-14-18-10-11-19(15-20)25(18,2)3;/h4-9,12-13,18-20H,10-11,14-15H2,1-3H3;1H. The number of nitrogens with zero attached hydrogens (tertiary/aromatic N) is 1. The van der Waals surface area contributed by atoms with E-state index >= 15 is 0 Å². The summed E-state index contributed by atoms with van der Waals surface area (Å²) in [6, 6.07) is 17.5. The largest absolute Gasteiger partial charge is 1.00 e. The highest BCUT2D eigenvalue weighted by atomic mass is 79.9. The molecule has 4 rings (SSSR count). The Morgan fingerprint density at radius 1 is 1.04 bits per heavy atom. The number of hydrogen-bond donors (Lipinski definition) is 1. The van der Waals surface area contributed by atoms with Crippen LogP contribution in [0.5, 0.6) is 0 Å². The molecule has 2 aromatic carbocycles. The van der Waals surface area contributed by atoms with Gasteiger partial charge in [-0.3, -0.25) is 5.32 Å². The van der Waals surface area contributed by atoms with Gasteiger partial charge in [0, 0.05) is 31.2 Å². The van der Waals surface area contributed by atoms with Gasteiger partial charge in [-0.15, -0.1) is 0 Å². The molecule has 0 aromatic heterocycles. The lowest BCUT2D eigenvalue weighted by Crippen LogP contribution is -3.00. The number of carbonyl (C=O) groups is 1. The molecule has 150 valence electrons. The molecule has 4 nitrogen and oxygen atoms in total. The summed E-state index contributed by atoms with van der Waals surface area (Å²) in [5, 5.41) is 3.00. The zero-order valence-electron chi connectivity index (χ0n) is 16.8. The van der Waals surface area contributed by atoms with Crippen molar-refractivity contribution < 1.29 is 31.0 Å². The van der Waals surface area contributed by atoms with E-state index in [-0.39, 0.29) is 29.2 Å². The zero-order valence-corrected chi connectivity index (χ0v) is 18.4. The van der Waals surface area contributed by atoms with Gasteiger partial charge in [0.05, 0.1) is 31.9 Å². The maximum absolute atomic E-state index is 12.6. The molecule has 28 heavy (non-hydrogen) atoms. The van der Waals surface area contributed by atoms with Crippen LogP contribution in [0.3, 0.4) is 0 Å².